The molecule has 1 amide bonds. The van der Waals surface area contributed by atoms with Gasteiger partial charge in [0.2, 0.25) is 5.91 Å². The Bertz CT molecular complexity index is 416. The first-order valence-corrected chi connectivity index (χ1v) is 5.55. The Balaban J connectivity index is 2.92. The topological polar surface area (TPSA) is 55.6 Å². The summed E-state index contributed by atoms with van der Waals surface area (Å²) in [6.45, 7) is 4.96. The minimum atomic E-state index is -0.323. The Morgan fingerprint density at radius 3 is 2.59 bits per heavy atom. The van der Waals surface area contributed by atoms with Crippen LogP contribution in [0.2, 0.25) is 0 Å². The Morgan fingerprint density at radius 2 is 2.06 bits per heavy atom. The lowest BCUT2D eigenvalue weighted by Crippen LogP contribution is -2.30. The lowest BCUT2D eigenvalue weighted by molar-refractivity contribution is -0.118. The van der Waals surface area contributed by atoms with Gasteiger partial charge in [-0.2, -0.15) is 0 Å². The van der Waals surface area contributed by atoms with Gasteiger partial charge in [0.25, 0.3) is 0 Å². The van der Waals surface area contributed by atoms with Crippen LogP contribution in [0.1, 0.15) is 16.7 Å². The Morgan fingerprint density at radius 1 is 1.41 bits per heavy atom. The van der Waals surface area contributed by atoms with Crippen molar-refractivity contribution in [2.75, 3.05) is 20.7 Å². The van der Waals surface area contributed by atoms with E-state index in [4.69, 9.17) is 10.5 Å². The number of carbonyl (C=O) groups is 1. The number of aryl methyl sites for hydroxylation is 2. The SMILES string of the molecule is COc1c(C)cc(C)cc1CN(C)CC(N)=O. The zero-order valence-electron chi connectivity index (χ0n) is 10.9. The molecule has 0 spiro atoms. The Hall–Kier alpha value is -1.55. The molecule has 4 nitrogen and oxygen atoms in total. The minimum absolute atomic E-state index is 0.246. The Kier molecular flexibility index (Phi) is 4.52. The molecule has 0 saturated heterocycles. The van der Waals surface area contributed by atoms with Crippen molar-refractivity contribution >= 4 is 5.91 Å². The maximum atomic E-state index is 10.8. The van der Waals surface area contributed by atoms with E-state index in [1.165, 1.54) is 5.56 Å². The molecule has 94 valence electrons. The standard InChI is InChI=1S/C13H20N2O2/c1-9-5-10(2)13(17-4)11(6-9)7-15(3)8-12(14)16/h5-6H,7-8H2,1-4H3,(H2,14,16). The van der Waals surface area contributed by atoms with Gasteiger partial charge in [-0.15, -0.1) is 0 Å². The largest absolute Gasteiger partial charge is 0.496 e. The molecule has 0 atom stereocenters. The molecular weight excluding hydrogens is 216 g/mol. The minimum Gasteiger partial charge on any atom is -0.496 e. The molecule has 0 saturated carbocycles. The lowest BCUT2D eigenvalue weighted by atomic mass is 10.1. The van der Waals surface area contributed by atoms with Gasteiger partial charge < -0.3 is 10.5 Å². The molecule has 1 aromatic carbocycles. The molecule has 0 aliphatic carbocycles. The van der Waals surface area contributed by atoms with Crippen molar-refractivity contribution in [1.82, 2.24) is 4.90 Å². The summed E-state index contributed by atoms with van der Waals surface area (Å²) in [5, 5.41) is 0. The van der Waals surface area contributed by atoms with Gasteiger partial charge in [0.1, 0.15) is 5.75 Å². The fourth-order valence-electron chi connectivity index (χ4n) is 2.06. The van der Waals surface area contributed by atoms with Crippen molar-refractivity contribution in [3.63, 3.8) is 0 Å². The van der Waals surface area contributed by atoms with Crippen LogP contribution in [0.5, 0.6) is 5.75 Å². The predicted molar refractivity (Wildman–Crippen MR) is 68.0 cm³/mol. The average Bonchev–Trinajstić information content (AvgIpc) is 2.15. The maximum Gasteiger partial charge on any atom is 0.231 e. The van der Waals surface area contributed by atoms with Crippen LogP contribution in [0, 0.1) is 13.8 Å². The fraction of sp³-hybridized carbons (Fsp3) is 0.462. The van der Waals surface area contributed by atoms with Crippen molar-refractivity contribution < 1.29 is 9.53 Å². The molecule has 0 aliphatic heterocycles. The van der Waals surface area contributed by atoms with Crippen LogP contribution < -0.4 is 10.5 Å². The van der Waals surface area contributed by atoms with Crippen molar-refractivity contribution in [2.45, 2.75) is 20.4 Å². The van der Waals surface area contributed by atoms with E-state index in [2.05, 4.69) is 12.1 Å². The first kappa shape index (κ1) is 13.5. The normalized spacial score (nSPS) is 10.6. The number of benzene rings is 1. The van der Waals surface area contributed by atoms with Gasteiger partial charge in [0.05, 0.1) is 13.7 Å². The van der Waals surface area contributed by atoms with E-state index in [0.717, 1.165) is 16.9 Å². The number of ether oxygens (including phenoxy) is 1. The highest BCUT2D eigenvalue weighted by atomic mass is 16.5. The molecule has 0 fully saturated rings. The van der Waals surface area contributed by atoms with Crippen molar-refractivity contribution in [3.8, 4) is 5.75 Å². The summed E-state index contributed by atoms with van der Waals surface area (Å²) in [7, 11) is 3.52. The highest BCUT2D eigenvalue weighted by molar-refractivity contribution is 5.75. The van der Waals surface area contributed by atoms with E-state index in [9.17, 15) is 4.79 Å². The third kappa shape index (κ3) is 3.75. The highest BCUT2D eigenvalue weighted by Crippen LogP contribution is 2.25. The van der Waals surface area contributed by atoms with Gasteiger partial charge in [-0.1, -0.05) is 17.7 Å². The maximum absolute atomic E-state index is 10.8. The number of nitrogens with zero attached hydrogens (tertiary/aromatic N) is 1. The second-order valence-electron chi connectivity index (χ2n) is 4.41. The van der Waals surface area contributed by atoms with Crippen LogP contribution in [0.25, 0.3) is 0 Å². The smallest absolute Gasteiger partial charge is 0.231 e. The van der Waals surface area contributed by atoms with Gasteiger partial charge in [0, 0.05) is 12.1 Å². The second kappa shape index (κ2) is 5.68. The van der Waals surface area contributed by atoms with Gasteiger partial charge in [-0.25, -0.2) is 0 Å². The molecule has 1 aromatic rings. The van der Waals surface area contributed by atoms with E-state index in [-0.39, 0.29) is 12.5 Å². The third-order valence-electron chi connectivity index (χ3n) is 2.57. The van der Waals surface area contributed by atoms with Gasteiger partial charge in [-0.3, -0.25) is 9.69 Å². The number of methoxy groups -OCH3 is 1. The molecular formula is C13H20N2O2. The molecule has 1 rings (SSSR count). The van der Waals surface area contributed by atoms with Crippen LogP contribution in [-0.4, -0.2) is 31.5 Å². The molecule has 0 bridgehead atoms. The number of likely N-dealkylation sites (N-methyl/N-ethyl adjacent to an activating group) is 1. The first-order chi connectivity index (χ1) is 7.93. The summed E-state index contributed by atoms with van der Waals surface area (Å²) in [4.78, 5) is 12.7. The molecule has 4 heteroatoms. The zero-order valence-corrected chi connectivity index (χ0v) is 10.9. The van der Waals surface area contributed by atoms with Crippen LogP contribution in [0.4, 0.5) is 0 Å². The van der Waals surface area contributed by atoms with Crippen LogP contribution in [0.3, 0.4) is 0 Å². The van der Waals surface area contributed by atoms with Gasteiger partial charge in [0.15, 0.2) is 0 Å². The number of nitrogens with two attached hydrogens (primary N) is 1. The predicted octanol–water partition coefficient (Wildman–Crippen LogP) is 1.23. The van der Waals surface area contributed by atoms with E-state index >= 15 is 0 Å². The first-order valence-electron chi connectivity index (χ1n) is 5.55. The van der Waals surface area contributed by atoms with Crippen LogP contribution in [0.15, 0.2) is 12.1 Å². The second-order valence-corrected chi connectivity index (χ2v) is 4.41. The molecule has 0 aliphatic rings. The van der Waals surface area contributed by atoms with Crippen LogP contribution >= 0.6 is 0 Å². The molecule has 0 aromatic heterocycles. The lowest BCUT2D eigenvalue weighted by Gasteiger charge is -2.18. The van der Waals surface area contributed by atoms with Crippen molar-refractivity contribution in [1.29, 1.82) is 0 Å². The molecule has 0 radical (unpaired) electrons. The molecule has 0 unspecified atom stereocenters. The summed E-state index contributed by atoms with van der Waals surface area (Å²) in [6, 6.07) is 4.15. The fourth-order valence-corrected chi connectivity index (χ4v) is 2.06. The van der Waals surface area contributed by atoms with E-state index in [0.29, 0.717) is 6.54 Å². The molecule has 0 heterocycles. The van der Waals surface area contributed by atoms with Crippen molar-refractivity contribution in [2.24, 2.45) is 5.73 Å². The summed E-state index contributed by atoms with van der Waals surface area (Å²) >= 11 is 0. The Labute approximate surface area is 102 Å². The van der Waals surface area contributed by atoms with Crippen LogP contribution in [-0.2, 0) is 11.3 Å². The number of amides is 1. The van der Waals surface area contributed by atoms with E-state index in [1.807, 2.05) is 25.8 Å². The monoisotopic (exact) mass is 236 g/mol. The van der Waals surface area contributed by atoms with Crippen molar-refractivity contribution in [3.05, 3.63) is 28.8 Å². The molecule has 2 N–H and O–H groups in total. The number of rotatable bonds is 5. The average molecular weight is 236 g/mol. The van der Waals surface area contributed by atoms with E-state index < -0.39 is 0 Å². The number of carbonyl (C=O) groups excluding carboxylic acids is 1. The van der Waals surface area contributed by atoms with Gasteiger partial charge >= 0.3 is 0 Å². The highest BCUT2D eigenvalue weighted by Gasteiger charge is 2.11. The summed E-state index contributed by atoms with van der Waals surface area (Å²) in [5.41, 5.74) is 8.54. The zero-order chi connectivity index (χ0) is 13.0. The van der Waals surface area contributed by atoms with Gasteiger partial charge in [-0.05, 0) is 26.5 Å². The summed E-state index contributed by atoms with van der Waals surface area (Å²) < 4.78 is 5.39. The number of hydrogen-bond donors (Lipinski definition) is 1. The molecule has 17 heavy (non-hydrogen) atoms. The third-order valence-corrected chi connectivity index (χ3v) is 2.57. The summed E-state index contributed by atoms with van der Waals surface area (Å²) in [5.74, 6) is 0.558. The summed E-state index contributed by atoms with van der Waals surface area (Å²) in [6.07, 6.45) is 0. The van der Waals surface area contributed by atoms with E-state index in [1.54, 1.807) is 7.11 Å². The quantitative estimate of drug-likeness (QED) is 0.836. The number of primary amides is 1. The number of hydrogen-bond acceptors (Lipinski definition) is 3.